The molecule has 0 bridgehead atoms. The number of hydrogen-bond donors (Lipinski definition) is 1. The third kappa shape index (κ3) is 3.26. The summed E-state index contributed by atoms with van der Waals surface area (Å²) >= 11 is 9.65. The van der Waals surface area contributed by atoms with E-state index in [2.05, 4.69) is 31.2 Å². The van der Waals surface area contributed by atoms with Crippen LogP contribution in [0.25, 0.3) is 0 Å². The molecule has 1 aromatic carbocycles. The molecule has 2 heterocycles. The van der Waals surface area contributed by atoms with Crippen LogP contribution in [0.1, 0.15) is 18.9 Å². The van der Waals surface area contributed by atoms with E-state index in [9.17, 15) is 5.11 Å². The first kappa shape index (κ1) is 16.8. The molecule has 0 aliphatic carbocycles. The third-order valence-electron chi connectivity index (χ3n) is 3.90. The van der Waals surface area contributed by atoms with Gasteiger partial charge in [-0.05, 0) is 30.4 Å². The van der Waals surface area contributed by atoms with Crippen molar-refractivity contribution in [3.8, 4) is 0 Å². The van der Waals surface area contributed by atoms with Crippen LogP contribution in [-0.2, 0) is 5.60 Å². The van der Waals surface area contributed by atoms with Crippen molar-refractivity contribution in [1.29, 1.82) is 0 Å². The smallest absolute Gasteiger partial charge is 0.134 e. The Morgan fingerprint density at radius 3 is 2.33 bits per heavy atom. The molecule has 1 nitrogen and oxygen atoms in total. The minimum atomic E-state index is -0.791. The molecule has 0 spiro atoms. The largest absolute Gasteiger partial charge is 0.381 e. The summed E-state index contributed by atoms with van der Waals surface area (Å²) in [7, 11) is 0. The summed E-state index contributed by atoms with van der Waals surface area (Å²) < 4.78 is 0.0449. The van der Waals surface area contributed by atoms with E-state index in [4.69, 9.17) is 0 Å². The van der Waals surface area contributed by atoms with Crippen LogP contribution < -0.4 is 0 Å². The Balaban J connectivity index is 2.01. The first-order chi connectivity index (χ1) is 10.2. The summed E-state index contributed by atoms with van der Waals surface area (Å²) in [5.41, 5.74) is 0.284. The predicted molar refractivity (Wildman–Crippen MR) is 105 cm³/mol. The Kier molecular flexibility index (Phi) is 5.77. The predicted octanol–water partition coefficient (Wildman–Crippen LogP) is 4.91. The number of aliphatic hydroxyl groups is 1. The van der Waals surface area contributed by atoms with Crippen LogP contribution in [0.15, 0.2) is 30.3 Å². The molecule has 6 heteroatoms. The molecular weight excluding hydrogens is 356 g/mol. The van der Waals surface area contributed by atoms with Gasteiger partial charge >= 0.3 is 0 Å². The van der Waals surface area contributed by atoms with E-state index in [1.807, 2.05) is 64.9 Å². The van der Waals surface area contributed by atoms with Crippen molar-refractivity contribution in [2.24, 2.45) is 0 Å². The van der Waals surface area contributed by atoms with Crippen LogP contribution in [0.2, 0.25) is 0 Å². The highest BCUT2D eigenvalue weighted by atomic mass is 32.3. The Bertz CT molecular complexity index is 456. The molecule has 1 N–H and O–H groups in total. The Morgan fingerprint density at radius 1 is 1.10 bits per heavy atom. The monoisotopic (exact) mass is 376 g/mol. The fraction of sp³-hybridized carbons (Fsp3) is 0.600. The van der Waals surface area contributed by atoms with Crippen molar-refractivity contribution in [1.82, 2.24) is 0 Å². The standard InChI is InChI=1S/C15H20OS5/c1-14(20-8-5-9-21-14)15(16,12-6-3-2-4-7-12)13-18-10-17-11-19-13/h2-4,6-7,13,16H,5,8-11H2,1H3. The molecule has 2 aliphatic rings. The summed E-state index contributed by atoms with van der Waals surface area (Å²) in [6, 6.07) is 10.3. The van der Waals surface area contributed by atoms with Gasteiger partial charge in [-0.3, -0.25) is 0 Å². The minimum Gasteiger partial charge on any atom is -0.381 e. The van der Waals surface area contributed by atoms with Gasteiger partial charge in [-0.2, -0.15) is 0 Å². The lowest BCUT2D eigenvalue weighted by atomic mass is 9.92. The van der Waals surface area contributed by atoms with Gasteiger partial charge in [-0.1, -0.05) is 30.3 Å². The number of hydrogen-bond acceptors (Lipinski definition) is 6. The maximum absolute atomic E-state index is 11.9. The molecule has 1 atom stereocenters. The van der Waals surface area contributed by atoms with Gasteiger partial charge < -0.3 is 5.11 Å². The fourth-order valence-corrected chi connectivity index (χ4v) is 11.5. The highest BCUT2D eigenvalue weighted by Crippen LogP contribution is 2.60. The molecule has 3 rings (SSSR count). The van der Waals surface area contributed by atoms with E-state index in [0.29, 0.717) is 0 Å². The topological polar surface area (TPSA) is 20.2 Å². The zero-order valence-corrected chi connectivity index (χ0v) is 16.1. The van der Waals surface area contributed by atoms with Gasteiger partial charge in [0.1, 0.15) is 5.60 Å². The van der Waals surface area contributed by atoms with E-state index < -0.39 is 5.60 Å². The number of thioether (sulfide) groups is 5. The highest BCUT2D eigenvalue weighted by molar-refractivity contribution is 8.32. The second kappa shape index (κ2) is 7.22. The first-order valence-corrected chi connectivity index (χ1v) is 12.3. The summed E-state index contributed by atoms with van der Waals surface area (Å²) in [6.45, 7) is 2.25. The van der Waals surface area contributed by atoms with Gasteiger partial charge in [-0.15, -0.1) is 58.8 Å². The molecule has 0 aromatic heterocycles. The summed E-state index contributed by atoms with van der Waals surface area (Å²) in [6.07, 6.45) is 1.25. The Labute approximate surface area is 148 Å². The molecule has 2 saturated heterocycles. The SMILES string of the molecule is CC1(C(O)(c2ccccc2)C2SCSCS2)SCCCS1. The molecular formula is C15H20OS5. The summed E-state index contributed by atoms with van der Waals surface area (Å²) in [5, 5.41) is 14.1. The zero-order valence-electron chi connectivity index (χ0n) is 12.0. The summed E-state index contributed by atoms with van der Waals surface area (Å²) in [4.78, 5) is 0. The van der Waals surface area contributed by atoms with Crippen molar-refractivity contribution in [3.63, 3.8) is 0 Å². The molecule has 0 saturated carbocycles. The Morgan fingerprint density at radius 2 is 1.71 bits per heavy atom. The fourth-order valence-electron chi connectivity index (χ4n) is 2.70. The minimum absolute atomic E-state index is 0.167. The van der Waals surface area contributed by atoms with Gasteiger partial charge in [-0.25, -0.2) is 0 Å². The van der Waals surface area contributed by atoms with Crippen LogP contribution in [-0.4, -0.2) is 35.4 Å². The van der Waals surface area contributed by atoms with Crippen LogP contribution in [0, 0.1) is 0 Å². The van der Waals surface area contributed by atoms with Crippen LogP contribution in [0.3, 0.4) is 0 Å². The van der Waals surface area contributed by atoms with Crippen LogP contribution in [0.4, 0.5) is 0 Å². The van der Waals surface area contributed by atoms with Gasteiger partial charge in [0, 0.05) is 10.2 Å². The van der Waals surface area contributed by atoms with E-state index in [0.717, 1.165) is 27.2 Å². The van der Waals surface area contributed by atoms with Crippen molar-refractivity contribution >= 4 is 58.8 Å². The van der Waals surface area contributed by atoms with Gasteiger partial charge in [0.2, 0.25) is 0 Å². The molecule has 116 valence electrons. The molecule has 0 radical (unpaired) electrons. The van der Waals surface area contributed by atoms with Crippen molar-refractivity contribution in [2.45, 2.75) is 27.6 Å². The normalized spacial score (nSPS) is 26.2. The van der Waals surface area contributed by atoms with Crippen LogP contribution in [0.5, 0.6) is 0 Å². The molecule has 2 aliphatic heterocycles. The maximum atomic E-state index is 11.9. The number of rotatable bonds is 3. The number of benzene rings is 1. The quantitative estimate of drug-likeness (QED) is 0.802. The first-order valence-electron chi connectivity index (χ1n) is 7.03. The Hall–Kier alpha value is 0.930. The van der Waals surface area contributed by atoms with E-state index in [1.54, 1.807) is 0 Å². The molecule has 21 heavy (non-hydrogen) atoms. The third-order valence-corrected chi connectivity index (χ3v) is 11.8. The molecule has 1 aromatic rings. The lowest BCUT2D eigenvalue weighted by Gasteiger charge is -2.50. The average Bonchev–Trinajstić information content (AvgIpc) is 2.56. The zero-order chi connectivity index (χ0) is 14.8. The lowest BCUT2D eigenvalue weighted by Crippen LogP contribution is -2.53. The van der Waals surface area contributed by atoms with E-state index >= 15 is 0 Å². The molecule has 2 fully saturated rings. The summed E-state index contributed by atoms with van der Waals surface area (Å²) in [5.74, 6) is 2.30. The second-order valence-electron chi connectivity index (χ2n) is 5.23. The van der Waals surface area contributed by atoms with Gasteiger partial charge in [0.15, 0.2) is 0 Å². The van der Waals surface area contributed by atoms with Crippen molar-refractivity contribution in [3.05, 3.63) is 35.9 Å². The maximum Gasteiger partial charge on any atom is 0.134 e. The molecule has 1 unspecified atom stereocenters. The van der Waals surface area contributed by atoms with Crippen LogP contribution >= 0.6 is 58.8 Å². The molecule has 0 amide bonds. The van der Waals surface area contributed by atoms with E-state index in [1.165, 1.54) is 6.42 Å². The van der Waals surface area contributed by atoms with Gasteiger partial charge in [0.25, 0.3) is 0 Å². The lowest BCUT2D eigenvalue weighted by molar-refractivity contribution is 0.0460. The highest BCUT2D eigenvalue weighted by Gasteiger charge is 2.55. The average molecular weight is 377 g/mol. The second-order valence-corrected chi connectivity index (χ2v) is 12.7. The van der Waals surface area contributed by atoms with E-state index in [-0.39, 0.29) is 8.66 Å². The van der Waals surface area contributed by atoms with Gasteiger partial charge in [0.05, 0.1) is 8.66 Å². The van der Waals surface area contributed by atoms with Crippen molar-refractivity contribution in [2.75, 3.05) is 21.7 Å². The van der Waals surface area contributed by atoms with Crippen molar-refractivity contribution < 1.29 is 5.11 Å².